The third kappa shape index (κ3) is 4.49. The summed E-state index contributed by atoms with van der Waals surface area (Å²) in [6.07, 6.45) is 3.55. The Morgan fingerprint density at radius 2 is 1.73 bits per heavy atom. The fourth-order valence-electron chi connectivity index (χ4n) is 4.21. The number of imidazole rings is 1. The topological polar surface area (TPSA) is 62.6 Å². The number of rotatable bonds is 6. The molecule has 2 aromatic heterocycles. The number of piperidine rings is 1. The van der Waals surface area contributed by atoms with E-state index in [-0.39, 0.29) is 11.9 Å². The molecular weight excluding hydrogens is 449 g/mol. The predicted octanol–water partition coefficient (Wildman–Crippen LogP) is 5.40. The van der Waals surface area contributed by atoms with E-state index in [9.17, 15) is 13.2 Å². The number of hydrogen-bond donors (Lipinski definition) is 1. The SMILES string of the molecule is CC(c1nnc(SCc2nc3cc(F)c(F)cc3[nH]2)n1-c1ccc(F)cc1)N1CCCCC1. The first-order chi connectivity index (χ1) is 16.0. The van der Waals surface area contributed by atoms with Crippen LogP contribution in [0.5, 0.6) is 0 Å². The summed E-state index contributed by atoms with van der Waals surface area (Å²) < 4.78 is 42.6. The van der Waals surface area contributed by atoms with Gasteiger partial charge in [0, 0.05) is 17.8 Å². The van der Waals surface area contributed by atoms with Crippen LogP contribution in [0.3, 0.4) is 0 Å². The highest BCUT2D eigenvalue weighted by molar-refractivity contribution is 7.98. The van der Waals surface area contributed by atoms with E-state index in [2.05, 4.69) is 32.0 Å². The lowest BCUT2D eigenvalue weighted by atomic mass is 10.1. The van der Waals surface area contributed by atoms with Gasteiger partial charge in [-0.3, -0.25) is 9.47 Å². The maximum atomic E-state index is 13.6. The van der Waals surface area contributed by atoms with E-state index in [1.807, 2.05) is 4.57 Å². The zero-order valence-electron chi connectivity index (χ0n) is 18.1. The highest BCUT2D eigenvalue weighted by Gasteiger charge is 2.25. The summed E-state index contributed by atoms with van der Waals surface area (Å²) in [5.41, 5.74) is 1.57. The first-order valence-corrected chi connectivity index (χ1v) is 11.9. The van der Waals surface area contributed by atoms with E-state index < -0.39 is 11.6 Å². The predicted molar refractivity (Wildman–Crippen MR) is 121 cm³/mol. The summed E-state index contributed by atoms with van der Waals surface area (Å²) in [6.45, 7) is 4.13. The molecule has 6 nitrogen and oxygen atoms in total. The fraction of sp³-hybridized carbons (Fsp3) is 0.348. The van der Waals surface area contributed by atoms with E-state index in [4.69, 9.17) is 0 Å². The lowest BCUT2D eigenvalue weighted by Crippen LogP contribution is -2.33. The maximum absolute atomic E-state index is 13.6. The minimum atomic E-state index is -0.930. The van der Waals surface area contributed by atoms with Crippen LogP contribution in [-0.4, -0.2) is 42.7 Å². The Bertz CT molecular complexity index is 1220. The number of benzene rings is 2. The maximum Gasteiger partial charge on any atom is 0.196 e. The summed E-state index contributed by atoms with van der Waals surface area (Å²) in [5, 5.41) is 9.55. The van der Waals surface area contributed by atoms with Crippen molar-refractivity contribution in [2.75, 3.05) is 13.1 Å². The molecule has 0 saturated carbocycles. The van der Waals surface area contributed by atoms with E-state index in [1.54, 1.807) is 12.1 Å². The van der Waals surface area contributed by atoms with Crippen LogP contribution in [0.1, 0.15) is 43.9 Å². The number of aromatic amines is 1. The molecular formula is C23H23F3N6S. The van der Waals surface area contributed by atoms with Crippen LogP contribution >= 0.6 is 11.8 Å². The number of likely N-dealkylation sites (tertiary alicyclic amines) is 1. The fourth-order valence-corrected chi connectivity index (χ4v) is 5.04. The van der Waals surface area contributed by atoms with Gasteiger partial charge in [0.25, 0.3) is 0 Å². The van der Waals surface area contributed by atoms with E-state index in [0.717, 1.165) is 49.6 Å². The lowest BCUT2D eigenvalue weighted by molar-refractivity contribution is 0.167. The summed E-state index contributed by atoms with van der Waals surface area (Å²) in [4.78, 5) is 9.78. The van der Waals surface area contributed by atoms with E-state index >= 15 is 0 Å². The largest absolute Gasteiger partial charge is 0.341 e. The Morgan fingerprint density at radius 1 is 1.00 bits per heavy atom. The van der Waals surface area contributed by atoms with Gasteiger partial charge in [-0.1, -0.05) is 18.2 Å². The molecule has 1 fully saturated rings. The molecule has 172 valence electrons. The minimum Gasteiger partial charge on any atom is -0.341 e. The normalized spacial score (nSPS) is 15.9. The van der Waals surface area contributed by atoms with Gasteiger partial charge in [-0.05, 0) is 57.1 Å². The first kappa shape index (κ1) is 22.0. The third-order valence-electron chi connectivity index (χ3n) is 5.97. The Balaban J connectivity index is 1.45. The minimum absolute atomic E-state index is 0.0503. The molecule has 1 saturated heterocycles. The van der Waals surface area contributed by atoms with Crippen molar-refractivity contribution in [1.82, 2.24) is 29.6 Å². The molecule has 1 unspecified atom stereocenters. The number of nitrogens with one attached hydrogen (secondary N) is 1. The molecule has 1 N–H and O–H groups in total. The molecule has 0 bridgehead atoms. The summed E-state index contributed by atoms with van der Waals surface area (Å²) >= 11 is 1.40. The highest BCUT2D eigenvalue weighted by atomic mass is 32.2. The van der Waals surface area contributed by atoms with Gasteiger partial charge in [0.1, 0.15) is 11.6 Å². The van der Waals surface area contributed by atoms with Crippen LogP contribution in [-0.2, 0) is 5.75 Å². The molecule has 4 aromatic rings. The van der Waals surface area contributed by atoms with Crippen LogP contribution in [0, 0.1) is 17.5 Å². The van der Waals surface area contributed by atoms with Gasteiger partial charge in [-0.15, -0.1) is 10.2 Å². The summed E-state index contributed by atoms with van der Waals surface area (Å²) in [6, 6.07) is 8.49. The van der Waals surface area contributed by atoms with Crippen molar-refractivity contribution in [2.24, 2.45) is 0 Å². The Kier molecular flexibility index (Phi) is 6.11. The average molecular weight is 473 g/mol. The monoisotopic (exact) mass is 472 g/mol. The molecule has 0 radical (unpaired) electrons. The number of aromatic nitrogens is 5. The molecule has 1 aliphatic heterocycles. The second-order valence-electron chi connectivity index (χ2n) is 8.18. The average Bonchev–Trinajstić information content (AvgIpc) is 3.42. The van der Waals surface area contributed by atoms with E-state index in [0.29, 0.717) is 27.8 Å². The van der Waals surface area contributed by atoms with Crippen molar-refractivity contribution < 1.29 is 13.2 Å². The third-order valence-corrected chi connectivity index (χ3v) is 6.91. The van der Waals surface area contributed by atoms with Crippen LogP contribution in [0.25, 0.3) is 16.7 Å². The standard InChI is InChI=1S/C23H23F3N6S/c1-14(31-9-3-2-4-10-31)22-29-30-23(32(22)16-7-5-15(24)6-8-16)33-13-21-27-19-11-17(25)18(26)12-20(19)28-21/h5-8,11-12,14H,2-4,9-10,13H2,1H3,(H,27,28). The van der Waals surface area contributed by atoms with Crippen molar-refractivity contribution in [3.63, 3.8) is 0 Å². The van der Waals surface area contributed by atoms with Crippen molar-refractivity contribution in [3.8, 4) is 5.69 Å². The van der Waals surface area contributed by atoms with Gasteiger partial charge >= 0.3 is 0 Å². The number of nitrogens with zero attached hydrogens (tertiary/aromatic N) is 5. The van der Waals surface area contributed by atoms with Crippen molar-refractivity contribution in [2.45, 2.75) is 43.1 Å². The quantitative estimate of drug-likeness (QED) is 0.381. The summed E-state index contributed by atoms with van der Waals surface area (Å²) in [5.74, 6) is -0.402. The Morgan fingerprint density at radius 3 is 2.48 bits per heavy atom. The molecule has 33 heavy (non-hydrogen) atoms. The molecule has 0 amide bonds. The molecule has 3 heterocycles. The number of hydrogen-bond acceptors (Lipinski definition) is 5. The number of fused-ring (bicyclic) bond motifs is 1. The lowest BCUT2D eigenvalue weighted by Gasteiger charge is -2.31. The molecule has 0 spiro atoms. The van der Waals surface area contributed by atoms with Gasteiger partial charge in [0.2, 0.25) is 0 Å². The molecule has 2 aromatic carbocycles. The van der Waals surface area contributed by atoms with Crippen molar-refractivity contribution in [3.05, 3.63) is 65.5 Å². The molecule has 10 heteroatoms. The molecule has 1 aliphatic rings. The molecule has 0 aliphatic carbocycles. The Labute approximate surface area is 193 Å². The van der Waals surface area contributed by atoms with Gasteiger partial charge < -0.3 is 4.98 Å². The van der Waals surface area contributed by atoms with Crippen LogP contribution in [0.2, 0.25) is 0 Å². The van der Waals surface area contributed by atoms with Crippen molar-refractivity contribution in [1.29, 1.82) is 0 Å². The van der Waals surface area contributed by atoms with E-state index in [1.165, 1.54) is 30.3 Å². The van der Waals surface area contributed by atoms with Gasteiger partial charge in [0.15, 0.2) is 22.6 Å². The summed E-state index contributed by atoms with van der Waals surface area (Å²) in [7, 11) is 0. The van der Waals surface area contributed by atoms with Crippen LogP contribution in [0.15, 0.2) is 41.6 Å². The number of halogens is 3. The van der Waals surface area contributed by atoms with Gasteiger partial charge in [0.05, 0.1) is 22.8 Å². The highest BCUT2D eigenvalue weighted by Crippen LogP contribution is 2.31. The number of thioether (sulfide) groups is 1. The second kappa shape index (κ2) is 9.18. The zero-order valence-corrected chi connectivity index (χ0v) is 18.9. The van der Waals surface area contributed by atoms with Gasteiger partial charge in [-0.2, -0.15) is 0 Å². The molecule has 1 atom stereocenters. The van der Waals surface area contributed by atoms with Crippen LogP contribution < -0.4 is 0 Å². The van der Waals surface area contributed by atoms with Gasteiger partial charge in [-0.25, -0.2) is 18.2 Å². The first-order valence-electron chi connectivity index (χ1n) is 10.9. The zero-order chi connectivity index (χ0) is 22.9. The van der Waals surface area contributed by atoms with Crippen molar-refractivity contribution >= 4 is 22.8 Å². The Hall–Kier alpha value is -2.85. The second-order valence-corrected chi connectivity index (χ2v) is 9.12. The smallest absolute Gasteiger partial charge is 0.196 e. The number of H-pyrrole nitrogens is 1. The van der Waals surface area contributed by atoms with Crippen LogP contribution in [0.4, 0.5) is 13.2 Å². The molecule has 5 rings (SSSR count).